The maximum Gasteiger partial charge on any atom is 0.268 e. The Balaban J connectivity index is 2.33. The van der Waals surface area contributed by atoms with E-state index in [0.717, 1.165) is 5.01 Å². The number of hydrogen-bond acceptors (Lipinski definition) is 8. The molecule has 0 saturated heterocycles. The quantitative estimate of drug-likeness (QED) is 0.600. The number of methoxy groups -OCH3 is 2. The molecule has 0 aliphatic rings. The molecule has 2 rings (SSSR count). The number of nitrogens with one attached hydrogen (secondary N) is 1. The predicted molar refractivity (Wildman–Crippen MR) is 92.7 cm³/mol. The first-order valence-electron chi connectivity index (χ1n) is 7.22. The van der Waals surface area contributed by atoms with Crippen LogP contribution in [0.4, 0.5) is 5.13 Å². The largest absolute Gasteiger partial charge is 0.507 e. The van der Waals surface area contributed by atoms with Crippen molar-refractivity contribution in [3.63, 3.8) is 0 Å². The van der Waals surface area contributed by atoms with Crippen molar-refractivity contribution in [2.24, 2.45) is 0 Å². The van der Waals surface area contributed by atoms with Gasteiger partial charge in [-0.2, -0.15) is 5.26 Å². The summed E-state index contributed by atoms with van der Waals surface area (Å²) in [6.45, 7) is 1.92. The number of nitriles is 1. The molecular weight excluding hydrogens is 344 g/mol. The fraction of sp³-hybridized carbons (Fsp3) is 0.250. The number of amides is 1. The molecule has 1 aromatic carbocycles. The molecule has 1 heterocycles. The molecule has 0 atom stereocenters. The molecule has 9 heteroatoms. The van der Waals surface area contributed by atoms with Gasteiger partial charge in [0.05, 0.1) is 19.8 Å². The highest BCUT2D eigenvalue weighted by molar-refractivity contribution is 7.15. The summed E-state index contributed by atoms with van der Waals surface area (Å²) in [5, 5.41) is 30.7. The number of aromatic nitrogens is 2. The molecule has 8 nitrogen and oxygen atoms in total. The van der Waals surface area contributed by atoms with Crippen molar-refractivity contribution >= 4 is 28.5 Å². The van der Waals surface area contributed by atoms with E-state index in [9.17, 15) is 15.2 Å². The molecule has 2 aromatic rings. The number of rotatable bonds is 6. The van der Waals surface area contributed by atoms with E-state index < -0.39 is 5.91 Å². The molecule has 1 aromatic heterocycles. The van der Waals surface area contributed by atoms with Crippen molar-refractivity contribution in [1.29, 1.82) is 5.26 Å². The summed E-state index contributed by atoms with van der Waals surface area (Å²) >= 11 is 1.23. The van der Waals surface area contributed by atoms with Crippen LogP contribution in [-0.4, -0.2) is 35.4 Å². The third kappa shape index (κ3) is 4.24. The van der Waals surface area contributed by atoms with Crippen molar-refractivity contribution in [3.05, 3.63) is 28.3 Å². The molecule has 0 radical (unpaired) electrons. The van der Waals surface area contributed by atoms with Gasteiger partial charge in [0, 0.05) is 12.1 Å². The van der Waals surface area contributed by atoms with E-state index in [4.69, 9.17) is 9.47 Å². The zero-order chi connectivity index (χ0) is 18.4. The average Bonchev–Trinajstić information content (AvgIpc) is 3.07. The number of carbonyl (C=O) groups is 1. The summed E-state index contributed by atoms with van der Waals surface area (Å²) in [4.78, 5) is 12.3. The Morgan fingerprint density at radius 1 is 1.40 bits per heavy atom. The van der Waals surface area contributed by atoms with Crippen LogP contribution in [-0.2, 0) is 11.2 Å². The topological polar surface area (TPSA) is 117 Å². The van der Waals surface area contributed by atoms with Gasteiger partial charge in [-0.3, -0.25) is 10.1 Å². The van der Waals surface area contributed by atoms with Crippen LogP contribution in [0.3, 0.4) is 0 Å². The zero-order valence-corrected chi connectivity index (χ0v) is 14.7. The summed E-state index contributed by atoms with van der Waals surface area (Å²) < 4.78 is 10.2. The van der Waals surface area contributed by atoms with Gasteiger partial charge in [-0.1, -0.05) is 18.3 Å². The lowest BCUT2D eigenvalue weighted by Crippen LogP contribution is -2.13. The highest BCUT2D eigenvalue weighted by Gasteiger charge is 2.16. The van der Waals surface area contributed by atoms with E-state index in [0.29, 0.717) is 17.3 Å². The van der Waals surface area contributed by atoms with Gasteiger partial charge in [0.1, 0.15) is 33.9 Å². The lowest BCUT2D eigenvalue weighted by atomic mass is 10.1. The molecule has 0 unspecified atom stereocenters. The number of aromatic hydroxyl groups is 1. The predicted octanol–water partition coefficient (Wildman–Crippen LogP) is 2.37. The lowest BCUT2D eigenvalue weighted by Gasteiger charge is -2.10. The normalized spacial score (nSPS) is 10.9. The maximum atomic E-state index is 12.3. The van der Waals surface area contributed by atoms with Crippen LogP contribution < -0.4 is 14.8 Å². The van der Waals surface area contributed by atoms with Crippen molar-refractivity contribution < 1.29 is 19.4 Å². The highest BCUT2D eigenvalue weighted by Crippen LogP contribution is 2.35. The Hall–Kier alpha value is -3.12. The van der Waals surface area contributed by atoms with Gasteiger partial charge in [-0.15, -0.1) is 10.2 Å². The molecule has 0 fully saturated rings. The first-order valence-corrected chi connectivity index (χ1v) is 8.04. The van der Waals surface area contributed by atoms with Crippen molar-refractivity contribution in [1.82, 2.24) is 10.2 Å². The fourth-order valence-corrected chi connectivity index (χ4v) is 2.60. The number of benzene rings is 1. The number of aryl methyl sites for hydroxylation is 1. The van der Waals surface area contributed by atoms with Crippen molar-refractivity contribution in [2.45, 2.75) is 13.3 Å². The third-order valence-electron chi connectivity index (χ3n) is 3.19. The van der Waals surface area contributed by atoms with Gasteiger partial charge < -0.3 is 14.6 Å². The van der Waals surface area contributed by atoms with Crippen LogP contribution >= 0.6 is 11.3 Å². The summed E-state index contributed by atoms with van der Waals surface area (Å²) in [6, 6.07) is 4.71. The standard InChI is InChI=1S/C16H16N4O4S/c1-4-14-19-20-16(25-14)18-15(22)9(8-17)5-11-12(21)6-10(23-2)7-13(11)24-3/h5-7,21H,4H2,1-3H3,(H,18,20,22). The maximum absolute atomic E-state index is 12.3. The Labute approximate surface area is 148 Å². The van der Waals surface area contributed by atoms with E-state index >= 15 is 0 Å². The molecule has 0 saturated carbocycles. The molecule has 0 aliphatic heterocycles. The molecule has 1 amide bonds. The smallest absolute Gasteiger partial charge is 0.268 e. The summed E-state index contributed by atoms with van der Waals surface area (Å²) in [5.41, 5.74) is -0.0199. The van der Waals surface area contributed by atoms with E-state index in [1.54, 1.807) is 6.07 Å². The molecular formula is C16H16N4O4S. The van der Waals surface area contributed by atoms with E-state index in [1.165, 1.54) is 43.8 Å². The van der Waals surface area contributed by atoms with Crippen LogP contribution in [0.1, 0.15) is 17.5 Å². The van der Waals surface area contributed by atoms with Crippen LogP contribution in [0.15, 0.2) is 17.7 Å². The molecule has 130 valence electrons. The zero-order valence-electron chi connectivity index (χ0n) is 13.9. The molecule has 25 heavy (non-hydrogen) atoms. The molecule has 2 N–H and O–H groups in total. The van der Waals surface area contributed by atoms with Crippen LogP contribution in [0.2, 0.25) is 0 Å². The van der Waals surface area contributed by atoms with E-state index in [1.807, 2.05) is 6.92 Å². The van der Waals surface area contributed by atoms with Gasteiger partial charge in [-0.25, -0.2) is 0 Å². The Bertz CT molecular complexity index is 854. The molecule has 0 bridgehead atoms. The van der Waals surface area contributed by atoms with Gasteiger partial charge in [0.2, 0.25) is 5.13 Å². The van der Waals surface area contributed by atoms with Gasteiger partial charge in [-0.05, 0) is 12.5 Å². The second kappa shape index (κ2) is 8.12. The SMILES string of the molecule is CCc1nnc(NC(=O)C(C#N)=Cc2c(O)cc(OC)cc2OC)s1. The second-order valence-electron chi connectivity index (χ2n) is 4.74. The van der Waals surface area contributed by atoms with Gasteiger partial charge in [0.15, 0.2) is 0 Å². The minimum atomic E-state index is -0.654. The third-order valence-corrected chi connectivity index (χ3v) is 4.18. The number of anilines is 1. The lowest BCUT2D eigenvalue weighted by molar-refractivity contribution is -0.112. The molecule has 0 spiro atoms. The number of nitrogens with zero attached hydrogens (tertiary/aromatic N) is 3. The Kier molecular flexibility index (Phi) is 5.92. The van der Waals surface area contributed by atoms with Crippen molar-refractivity contribution in [2.75, 3.05) is 19.5 Å². The number of phenols is 1. The first kappa shape index (κ1) is 18.2. The van der Waals surface area contributed by atoms with Gasteiger partial charge >= 0.3 is 0 Å². The minimum absolute atomic E-state index is 0.180. The fourth-order valence-electron chi connectivity index (χ4n) is 1.92. The number of hydrogen-bond donors (Lipinski definition) is 2. The first-order chi connectivity index (χ1) is 12.0. The number of ether oxygens (including phenoxy) is 2. The Morgan fingerprint density at radius 2 is 2.16 bits per heavy atom. The Morgan fingerprint density at radius 3 is 2.72 bits per heavy atom. The van der Waals surface area contributed by atoms with E-state index in [-0.39, 0.29) is 22.6 Å². The van der Waals surface area contributed by atoms with Crippen LogP contribution in [0.5, 0.6) is 17.2 Å². The number of phenolic OH excluding ortho intramolecular Hbond substituents is 1. The van der Waals surface area contributed by atoms with Gasteiger partial charge in [0.25, 0.3) is 5.91 Å². The second-order valence-corrected chi connectivity index (χ2v) is 5.80. The molecule has 0 aliphatic carbocycles. The monoisotopic (exact) mass is 360 g/mol. The summed E-state index contributed by atoms with van der Waals surface area (Å²) in [5.74, 6) is -0.184. The minimum Gasteiger partial charge on any atom is -0.507 e. The van der Waals surface area contributed by atoms with Crippen LogP contribution in [0.25, 0.3) is 6.08 Å². The average molecular weight is 360 g/mol. The highest BCUT2D eigenvalue weighted by atomic mass is 32.1. The summed E-state index contributed by atoms with van der Waals surface area (Å²) in [7, 11) is 2.86. The summed E-state index contributed by atoms with van der Waals surface area (Å²) in [6.07, 6.45) is 1.94. The van der Waals surface area contributed by atoms with Crippen LogP contribution in [0, 0.1) is 11.3 Å². The van der Waals surface area contributed by atoms with Crippen molar-refractivity contribution in [3.8, 4) is 23.3 Å². The number of carbonyl (C=O) groups excluding carboxylic acids is 1. The van der Waals surface area contributed by atoms with E-state index in [2.05, 4.69) is 15.5 Å².